The van der Waals surface area contributed by atoms with Gasteiger partial charge in [0.25, 0.3) is 0 Å². The van der Waals surface area contributed by atoms with Crippen molar-refractivity contribution in [3.63, 3.8) is 0 Å². The summed E-state index contributed by atoms with van der Waals surface area (Å²) in [7, 11) is 0. The molecule has 3 N–H and O–H groups in total. The average molecular weight is 234 g/mol. The molecule has 0 saturated carbocycles. The van der Waals surface area contributed by atoms with Gasteiger partial charge in [-0.15, -0.1) is 0 Å². The van der Waals surface area contributed by atoms with E-state index in [0.29, 0.717) is 5.75 Å². The Kier molecular flexibility index (Phi) is 6.00. The highest BCUT2D eigenvalue weighted by molar-refractivity contribution is 7.99. The summed E-state index contributed by atoms with van der Waals surface area (Å²) < 4.78 is 5.23. The van der Waals surface area contributed by atoms with E-state index in [1.807, 2.05) is 0 Å². The molecule has 0 aromatic heterocycles. The fourth-order valence-corrected chi connectivity index (χ4v) is 2.25. The molecule has 15 heavy (non-hydrogen) atoms. The first-order valence-corrected chi connectivity index (χ1v) is 6.22. The van der Waals surface area contributed by atoms with Crippen LogP contribution in [0.25, 0.3) is 0 Å². The van der Waals surface area contributed by atoms with Crippen LogP contribution in [-0.2, 0) is 9.53 Å². The van der Waals surface area contributed by atoms with Crippen LogP contribution in [0.2, 0.25) is 0 Å². The Morgan fingerprint density at radius 1 is 1.53 bits per heavy atom. The van der Waals surface area contributed by atoms with Crippen LogP contribution in [0.1, 0.15) is 0 Å². The number of nitrogens with two attached hydrogens (primary N) is 1. The Balaban J connectivity index is 1.98. The van der Waals surface area contributed by atoms with Crippen LogP contribution in [-0.4, -0.2) is 66.4 Å². The van der Waals surface area contributed by atoms with Gasteiger partial charge in [0.05, 0.1) is 13.2 Å². The fraction of sp³-hybridized carbons (Fsp3) is 0.889. The van der Waals surface area contributed by atoms with Gasteiger partial charge in [0.2, 0.25) is 0 Å². The number of carbonyl (C=O) groups is 1. The standard InChI is InChI=1S/C9H18N2O3S/c10-8(9(12)13)7-15-6-3-11-1-4-14-5-2-11/h8H,1-7,10H2,(H,12,13)/t8-/m1/s1. The van der Waals surface area contributed by atoms with Crippen LogP contribution in [0.4, 0.5) is 0 Å². The Labute approximate surface area is 93.9 Å². The van der Waals surface area contributed by atoms with E-state index in [-0.39, 0.29) is 0 Å². The zero-order chi connectivity index (χ0) is 11.1. The molecule has 1 saturated heterocycles. The van der Waals surface area contributed by atoms with Gasteiger partial charge >= 0.3 is 5.97 Å². The first-order valence-electron chi connectivity index (χ1n) is 5.06. The number of aliphatic carboxylic acids is 1. The van der Waals surface area contributed by atoms with Crippen molar-refractivity contribution in [1.82, 2.24) is 4.90 Å². The molecule has 1 heterocycles. The summed E-state index contributed by atoms with van der Waals surface area (Å²) in [6.45, 7) is 4.55. The van der Waals surface area contributed by atoms with E-state index in [2.05, 4.69) is 4.90 Å². The highest BCUT2D eigenvalue weighted by Crippen LogP contribution is 2.04. The van der Waals surface area contributed by atoms with Crippen molar-refractivity contribution in [2.24, 2.45) is 5.73 Å². The van der Waals surface area contributed by atoms with Gasteiger partial charge in [0.15, 0.2) is 0 Å². The number of ether oxygens (including phenoxy) is 1. The first-order chi connectivity index (χ1) is 7.20. The van der Waals surface area contributed by atoms with Gasteiger partial charge < -0.3 is 15.6 Å². The Morgan fingerprint density at radius 3 is 2.80 bits per heavy atom. The molecule has 0 spiro atoms. The van der Waals surface area contributed by atoms with Crippen LogP contribution >= 0.6 is 11.8 Å². The van der Waals surface area contributed by atoms with Gasteiger partial charge in [0.1, 0.15) is 6.04 Å². The molecule has 0 bridgehead atoms. The molecule has 6 heteroatoms. The Bertz CT molecular complexity index is 198. The minimum atomic E-state index is -0.922. The molecule has 1 aliphatic heterocycles. The van der Waals surface area contributed by atoms with Crippen molar-refractivity contribution in [2.75, 3.05) is 44.4 Å². The molecule has 0 amide bonds. The van der Waals surface area contributed by atoms with E-state index in [1.165, 1.54) is 0 Å². The van der Waals surface area contributed by atoms with Crippen molar-refractivity contribution in [1.29, 1.82) is 0 Å². The summed E-state index contributed by atoms with van der Waals surface area (Å²) in [5.41, 5.74) is 5.38. The number of morpholine rings is 1. The molecule has 88 valence electrons. The van der Waals surface area contributed by atoms with E-state index < -0.39 is 12.0 Å². The van der Waals surface area contributed by atoms with Gasteiger partial charge in [-0.1, -0.05) is 0 Å². The van der Waals surface area contributed by atoms with Gasteiger partial charge in [-0.05, 0) is 0 Å². The van der Waals surface area contributed by atoms with Gasteiger partial charge in [-0.3, -0.25) is 9.69 Å². The zero-order valence-corrected chi connectivity index (χ0v) is 9.54. The third-order valence-electron chi connectivity index (χ3n) is 2.27. The van der Waals surface area contributed by atoms with Crippen LogP contribution in [0.5, 0.6) is 0 Å². The average Bonchev–Trinajstić information content (AvgIpc) is 2.25. The summed E-state index contributed by atoms with van der Waals surface area (Å²) in [6.07, 6.45) is 0. The number of hydrogen-bond donors (Lipinski definition) is 2. The highest BCUT2D eigenvalue weighted by atomic mass is 32.2. The van der Waals surface area contributed by atoms with Crippen LogP contribution in [0.3, 0.4) is 0 Å². The van der Waals surface area contributed by atoms with Crippen molar-refractivity contribution >= 4 is 17.7 Å². The highest BCUT2D eigenvalue weighted by Gasteiger charge is 2.12. The summed E-state index contributed by atoms with van der Waals surface area (Å²) >= 11 is 1.60. The van der Waals surface area contributed by atoms with Crippen LogP contribution in [0, 0.1) is 0 Å². The Morgan fingerprint density at radius 2 is 2.20 bits per heavy atom. The van der Waals surface area contributed by atoms with Gasteiger partial charge in [-0.25, -0.2) is 0 Å². The molecule has 1 atom stereocenters. The lowest BCUT2D eigenvalue weighted by Gasteiger charge is -2.26. The maximum absolute atomic E-state index is 10.4. The number of nitrogens with zero attached hydrogens (tertiary/aromatic N) is 1. The number of thioether (sulfide) groups is 1. The molecule has 5 nitrogen and oxygen atoms in total. The van der Waals surface area contributed by atoms with Crippen LogP contribution < -0.4 is 5.73 Å². The molecule has 1 aliphatic rings. The molecule has 0 aromatic carbocycles. The topological polar surface area (TPSA) is 75.8 Å². The van der Waals surface area contributed by atoms with E-state index >= 15 is 0 Å². The van der Waals surface area contributed by atoms with Crippen molar-refractivity contribution < 1.29 is 14.6 Å². The van der Waals surface area contributed by atoms with E-state index in [1.54, 1.807) is 11.8 Å². The molecule has 0 unspecified atom stereocenters. The minimum Gasteiger partial charge on any atom is -0.480 e. The van der Waals surface area contributed by atoms with Gasteiger partial charge in [-0.2, -0.15) is 11.8 Å². The normalized spacial score (nSPS) is 20.1. The molecule has 0 aromatic rings. The zero-order valence-electron chi connectivity index (χ0n) is 8.72. The third-order valence-corrected chi connectivity index (χ3v) is 3.34. The monoisotopic (exact) mass is 234 g/mol. The van der Waals surface area contributed by atoms with Crippen molar-refractivity contribution in [2.45, 2.75) is 6.04 Å². The van der Waals surface area contributed by atoms with Crippen molar-refractivity contribution in [3.8, 4) is 0 Å². The van der Waals surface area contributed by atoms with Crippen molar-refractivity contribution in [3.05, 3.63) is 0 Å². The second-order valence-corrected chi connectivity index (χ2v) is 4.62. The van der Waals surface area contributed by atoms with E-state index in [9.17, 15) is 4.79 Å². The summed E-state index contributed by atoms with van der Waals surface area (Å²) in [4.78, 5) is 12.8. The first kappa shape index (κ1) is 12.8. The number of rotatable bonds is 6. The Hall–Kier alpha value is -0.300. The molecule has 1 fully saturated rings. The quantitative estimate of drug-likeness (QED) is 0.601. The SMILES string of the molecule is N[C@H](CSCCN1CCOCC1)C(=O)O. The lowest BCUT2D eigenvalue weighted by atomic mass is 10.4. The predicted octanol–water partition coefficient (Wildman–Crippen LogP) is -0.536. The molecule has 0 radical (unpaired) electrons. The second-order valence-electron chi connectivity index (χ2n) is 3.47. The van der Waals surface area contributed by atoms with Crippen LogP contribution in [0.15, 0.2) is 0 Å². The molecular formula is C9H18N2O3S. The van der Waals surface area contributed by atoms with E-state index in [4.69, 9.17) is 15.6 Å². The fourth-order valence-electron chi connectivity index (χ4n) is 1.30. The molecular weight excluding hydrogens is 216 g/mol. The van der Waals surface area contributed by atoms with E-state index in [0.717, 1.165) is 38.6 Å². The maximum Gasteiger partial charge on any atom is 0.321 e. The third kappa shape index (κ3) is 5.36. The number of carboxylic acid groups (broad SMARTS) is 1. The summed E-state index contributed by atoms with van der Waals surface area (Å²) in [5, 5.41) is 8.56. The smallest absolute Gasteiger partial charge is 0.321 e. The predicted molar refractivity (Wildman–Crippen MR) is 60.2 cm³/mol. The lowest BCUT2D eigenvalue weighted by Crippen LogP contribution is -2.38. The number of carboxylic acids is 1. The second kappa shape index (κ2) is 7.05. The minimum absolute atomic E-state index is 0.486. The lowest BCUT2D eigenvalue weighted by molar-refractivity contribution is -0.137. The molecule has 1 rings (SSSR count). The largest absolute Gasteiger partial charge is 0.480 e. The summed E-state index contributed by atoms with van der Waals surface area (Å²) in [6, 6.07) is -0.736. The summed E-state index contributed by atoms with van der Waals surface area (Å²) in [5.74, 6) is 0.495. The maximum atomic E-state index is 10.4. The molecule has 0 aliphatic carbocycles. The van der Waals surface area contributed by atoms with Gasteiger partial charge in [0, 0.05) is 31.1 Å². The number of hydrogen-bond acceptors (Lipinski definition) is 5.